The number of hydrogen-bond donors (Lipinski definition) is 0. The zero-order chi connectivity index (χ0) is 16.3. The van der Waals surface area contributed by atoms with Crippen molar-refractivity contribution in [2.75, 3.05) is 33.2 Å². The van der Waals surface area contributed by atoms with E-state index in [1.807, 2.05) is 32.7 Å². The number of amides is 1. The maximum atomic E-state index is 12.1. The van der Waals surface area contributed by atoms with Gasteiger partial charge in [-0.05, 0) is 53.5 Å². The largest absolute Gasteiger partial charge is 0.444 e. The molecule has 0 aromatic carbocycles. The predicted molar refractivity (Wildman–Crippen MR) is 89.5 cm³/mol. The molecular formula is C17H31N3O2. The lowest BCUT2D eigenvalue weighted by Crippen LogP contribution is -2.47. The van der Waals surface area contributed by atoms with Gasteiger partial charge in [0.15, 0.2) is 0 Å². The Balaban J connectivity index is 1.79. The Morgan fingerprint density at radius 3 is 2.32 bits per heavy atom. The average molecular weight is 309 g/mol. The highest BCUT2D eigenvalue weighted by Gasteiger charge is 2.33. The van der Waals surface area contributed by atoms with Crippen LogP contribution in [0.15, 0.2) is 4.99 Å². The Bertz CT molecular complexity index is 420. The van der Waals surface area contributed by atoms with Crippen molar-refractivity contribution in [2.24, 2.45) is 10.9 Å². The third-order valence-electron chi connectivity index (χ3n) is 4.80. The van der Waals surface area contributed by atoms with Gasteiger partial charge in [-0.2, -0.15) is 0 Å². The highest BCUT2D eigenvalue weighted by molar-refractivity contribution is 5.84. The molecule has 0 spiro atoms. The van der Waals surface area contributed by atoms with Crippen LogP contribution in [0, 0.1) is 5.92 Å². The van der Waals surface area contributed by atoms with Gasteiger partial charge in [-0.25, -0.2) is 4.79 Å². The van der Waals surface area contributed by atoms with Crippen LogP contribution in [-0.4, -0.2) is 66.5 Å². The minimum atomic E-state index is -0.410. The molecule has 2 rings (SSSR count). The molecule has 1 amide bonds. The SMILES string of the molecule is CN=C(C)C1CCN(C2CCN(C(=O)OC(C)(C)C)CC2)C1. The third-order valence-corrected chi connectivity index (χ3v) is 4.80. The zero-order valence-corrected chi connectivity index (χ0v) is 14.8. The fourth-order valence-corrected chi connectivity index (χ4v) is 3.38. The summed E-state index contributed by atoms with van der Waals surface area (Å²) in [5.41, 5.74) is 0.862. The van der Waals surface area contributed by atoms with Crippen molar-refractivity contribution in [3.8, 4) is 0 Å². The van der Waals surface area contributed by atoms with Crippen LogP contribution in [0.2, 0.25) is 0 Å². The number of aliphatic imine (C=N–C) groups is 1. The van der Waals surface area contributed by atoms with Gasteiger partial charge in [0.25, 0.3) is 0 Å². The summed E-state index contributed by atoms with van der Waals surface area (Å²) in [5.74, 6) is 0.619. The molecule has 0 aliphatic carbocycles. The van der Waals surface area contributed by atoms with Crippen molar-refractivity contribution in [3.05, 3.63) is 0 Å². The monoisotopic (exact) mass is 309 g/mol. The van der Waals surface area contributed by atoms with Crippen LogP contribution in [0.1, 0.15) is 47.0 Å². The lowest BCUT2D eigenvalue weighted by atomic mass is 10.0. The number of carbonyl (C=O) groups excluding carboxylic acids is 1. The summed E-state index contributed by atoms with van der Waals surface area (Å²) in [6, 6.07) is 0.605. The van der Waals surface area contributed by atoms with Crippen LogP contribution < -0.4 is 0 Å². The van der Waals surface area contributed by atoms with Crippen LogP contribution in [0.3, 0.4) is 0 Å². The van der Waals surface area contributed by atoms with Gasteiger partial charge in [0, 0.05) is 44.4 Å². The number of nitrogens with zero attached hydrogens (tertiary/aromatic N) is 3. The van der Waals surface area contributed by atoms with Crippen LogP contribution in [0.4, 0.5) is 4.79 Å². The van der Waals surface area contributed by atoms with E-state index in [1.54, 1.807) is 0 Å². The summed E-state index contributed by atoms with van der Waals surface area (Å²) in [5, 5.41) is 0. The first-order valence-corrected chi connectivity index (χ1v) is 8.45. The lowest BCUT2D eigenvalue weighted by molar-refractivity contribution is 0.0155. The molecule has 2 heterocycles. The van der Waals surface area contributed by atoms with Crippen molar-refractivity contribution >= 4 is 11.8 Å². The summed E-state index contributed by atoms with van der Waals surface area (Å²) < 4.78 is 5.46. The molecule has 5 nitrogen and oxygen atoms in total. The van der Waals surface area contributed by atoms with E-state index in [0.29, 0.717) is 12.0 Å². The molecule has 0 aromatic heterocycles. The smallest absolute Gasteiger partial charge is 0.410 e. The molecule has 0 saturated carbocycles. The number of rotatable bonds is 2. The molecule has 22 heavy (non-hydrogen) atoms. The first-order valence-electron chi connectivity index (χ1n) is 8.45. The van der Waals surface area contributed by atoms with E-state index in [-0.39, 0.29) is 6.09 Å². The van der Waals surface area contributed by atoms with E-state index in [4.69, 9.17) is 4.74 Å². The van der Waals surface area contributed by atoms with Crippen molar-refractivity contribution in [2.45, 2.75) is 58.6 Å². The first kappa shape index (κ1) is 17.3. The van der Waals surface area contributed by atoms with E-state index in [0.717, 1.165) is 39.0 Å². The molecule has 2 aliphatic rings. The second-order valence-electron chi connectivity index (χ2n) is 7.54. The fourth-order valence-electron chi connectivity index (χ4n) is 3.38. The third kappa shape index (κ3) is 4.45. The number of ether oxygens (including phenoxy) is 1. The topological polar surface area (TPSA) is 45.1 Å². The molecule has 1 unspecified atom stereocenters. The number of likely N-dealkylation sites (tertiary alicyclic amines) is 2. The Morgan fingerprint density at radius 2 is 1.77 bits per heavy atom. The Labute approximate surface area is 134 Å². The van der Waals surface area contributed by atoms with Crippen LogP contribution >= 0.6 is 0 Å². The molecule has 5 heteroatoms. The highest BCUT2D eigenvalue weighted by atomic mass is 16.6. The fraction of sp³-hybridized carbons (Fsp3) is 0.882. The van der Waals surface area contributed by atoms with Crippen LogP contribution in [-0.2, 0) is 4.74 Å². The molecule has 0 radical (unpaired) electrons. The Morgan fingerprint density at radius 1 is 1.14 bits per heavy atom. The summed E-state index contributed by atoms with van der Waals surface area (Å²) in [6.45, 7) is 11.8. The molecule has 0 N–H and O–H groups in total. The minimum absolute atomic E-state index is 0.167. The molecule has 2 saturated heterocycles. The second kappa shape index (κ2) is 6.99. The first-order chi connectivity index (χ1) is 10.3. The van der Waals surface area contributed by atoms with Gasteiger partial charge in [-0.15, -0.1) is 0 Å². The van der Waals surface area contributed by atoms with Gasteiger partial charge in [0.2, 0.25) is 0 Å². The molecular weight excluding hydrogens is 278 g/mol. The minimum Gasteiger partial charge on any atom is -0.444 e. The molecule has 126 valence electrons. The highest BCUT2D eigenvalue weighted by Crippen LogP contribution is 2.25. The quantitative estimate of drug-likeness (QED) is 0.737. The maximum Gasteiger partial charge on any atom is 0.410 e. The standard InChI is InChI=1S/C17H31N3O2/c1-13(18-5)14-6-9-20(12-14)15-7-10-19(11-8-15)16(21)22-17(2,3)4/h14-15H,6-12H2,1-5H3. The predicted octanol–water partition coefficient (Wildman–Crippen LogP) is 2.80. The van der Waals surface area contributed by atoms with Gasteiger partial charge in [-0.1, -0.05) is 0 Å². The van der Waals surface area contributed by atoms with Gasteiger partial charge in [0.05, 0.1) is 0 Å². The van der Waals surface area contributed by atoms with Crippen molar-refractivity contribution in [1.82, 2.24) is 9.80 Å². The molecule has 2 fully saturated rings. The molecule has 1 atom stereocenters. The van der Waals surface area contributed by atoms with Gasteiger partial charge >= 0.3 is 6.09 Å². The summed E-state index contributed by atoms with van der Waals surface area (Å²) in [4.78, 5) is 20.9. The van der Waals surface area contributed by atoms with E-state index in [2.05, 4.69) is 16.8 Å². The van der Waals surface area contributed by atoms with E-state index in [1.165, 1.54) is 12.1 Å². The van der Waals surface area contributed by atoms with Crippen LogP contribution in [0.25, 0.3) is 0 Å². The van der Waals surface area contributed by atoms with E-state index < -0.39 is 5.60 Å². The van der Waals surface area contributed by atoms with Crippen molar-refractivity contribution in [3.63, 3.8) is 0 Å². The van der Waals surface area contributed by atoms with Gasteiger partial charge < -0.3 is 9.64 Å². The second-order valence-corrected chi connectivity index (χ2v) is 7.54. The summed E-state index contributed by atoms with van der Waals surface area (Å²) in [7, 11) is 1.89. The number of carbonyl (C=O) groups is 1. The Kier molecular flexibility index (Phi) is 5.48. The molecule has 0 bridgehead atoms. The number of hydrogen-bond acceptors (Lipinski definition) is 4. The Hall–Kier alpha value is -1.10. The van der Waals surface area contributed by atoms with Crippen molar-refractivity contribution < 1.29 is 9.53 Å². The lowest BCUT2D eigenvalue weighted by Gasteiger charge is -2.37. The normalized spacial score (nSPS) is 25.6. The summed E-state index contributed by atoms with van der Waals surface area (Å²) >= 11 is 0. The average Bonchev–Trinajstić information content (AvgIpc) is 2.94. The molecule has 2 aliphatic heterocycles. The van der Waals surface area contributed by atoms with Crippen molar-refractivity contribution in [1.29, 1.82) is 0 Å². The summed E-state index contributed by atoms with van der Waals surface area (Å²) in [6.07, 6.45) is 3.15. The van der Waals surface area contributed by atoms with E-state index >= 15 is 0 Å². The maximum absolute atomic E-state index is 12.1. The molecule has 0 aromatic rings. The van der Waals surface area contributed by atoms with Crippen LogP contribution in [0.5, 0.6) is 0 Å². The van der Waals surface area contributed by atoms with Gasteiger partial charge in [0.1, 0.15) is 5.60 Å². The number of piperidine rings is 1. The van der Waals surface area contributed by atoms with E-state index in [9.17, 15) is 4.79 Å². The van der Waals surface area contributed by atoms with Gasteiger partial charge in [-0.3, -0.25) is 9.89 Å². The zero-order valence-electron chi connectivity index (χ0n) is 14.8.